The molecule has 1 saturated heterocycles. The SMILES string of the molecule is CCCN(CCC)C(=O)C1CCCN1C(=O)OC(C)(C)C. The molecule has 1 aliphatic heterocycles. The Labute approximate surface area is 128 Å². The first-order valence-electron chi connectivity index (χ1n) is 8.08. The normalized spacial score (nSPS) is 18.7. The molecule has 0 saturated carbocycles. The van der Waals surface area contributed by atoms with Crippen LogP contribution in [0.15, 0.2) is 0 Å². The minimum Gasteiger partial charge on any atom is -0.444 e. The van der Waals surface area contributed by atoms with E-state index in [1.165, 1.54) is 0 Å². The Hall–Kier alpha value is -1.26. The Morgan fingerprint density at radius 3 is 2.24 bits per heavy atom. The summed E-state index contributed by atoms with van der Waals surface area (Å²) in [5.74, 6) is 0.0714. The van der Waals surface area contributed by atoms with Gasteiger partial charge in [-0.15, -0.1) is 0 Å². The third-order valence-electron chi connectivity index (χ3n) is 3.46. The van der Waals surface area contributed by atoms with E-state index in [-0.39, 0.29) is 18.0 Å². The zero-order valence-electron chi connectivity index (χ0n) is 14.1. The molecule has 0 bridgehead atoms. The molecular weight excluding hydrogens is 268 g/mol. The molecule has 0 aromatic rings. The zero-order valence-corrected chi connectivity index (χ0v) is 14.1. The molecule has 2 amide bonds. The van der Waals surface area contributed by atoms with Crippen LogP contribution in [-0.2, 0) is 9.53 Å². The quantitative estimate of drug-likeness (QED) is 0.784. The highest BCUT2D eigenvalue weighted by Crippen LogP contribution is 2.22. The van der Waals surface area contributed by atoms with Gasteiger partial charge in [-0.3, -0.25) is 9.69 Å². The van der Waals surface area contributed by atoms with Crippen LogP contribution in [0.5, 0.6) is 0 Å². The van der Waals surface area contributed by atoms with Gasteiger partial charge in [0.1, 0.15) is 11.6 Å². The molecular formula is C16H30N2O3. The van der Waals surface area contributed by atoms with Crippen LogP contribution in [0, 0.1) is 0 Å². The highest BCUT2D eigenvalue weighted by atomic mass is 16.6. The number of hydrogen-bond acceptors (Lipinski definition) is 3. The van der Waals surface area contributed by atoms with E-state index in [0.29, 0.717) is 6.54 Å². The molecule has 5 heteroatoms. The van der Waals surface area contributed by atoms with E-state index in [1.54, 1.807) is 4.90 Å². The van der Waals surface area contributed by atoms with Crippen molar-refractivity contribution in [2.45, 2.75) is 71.9 Å². The number of amides is 2. The number of hydrogen-bond donors (Lipinski definition) is 0. The topological polar surface area (TPSA) is 49.9 Å². The highest BCUT2D eigenvalue weighted by Gasteiger charge is 2.38. The lowest BCUT2D eigenvalue weighted by molar-refractivity contribution is -0.136. The number of nitrogens with zero attached hydrogens (tertiary/aromatic N) is 2. The third kappa shape index (κ3) is 5.21. The molecule has 1 rings (SSSR count). The standard InChI is InChI=1S/C16H30N2O3/c1-6-10-17(11-7-2)14(19)13-9-8-12-18(13)15(20)21-16(3,4)5/h13H,6-12H2,1-5H3. The molecule has 21 heavy (non-hydrogen) atoms. The second-order valence-corrected chi connectivity index (χ2v) is 6.66. The summed E-state index contributed by atoms with van der Waals surface area (Å²) >= 11 is 0. The lowest BCUT2D eigenvalue weighted by Crippen LogP contribution is -2.49. The first-order valence-corrected chi connectivity index (χ1v) is 8.08. The summed E-state index contributed by atoms with van der Waals surface area (Å²) in [6.07, 6.45) is 3.10. The molecule has 122 valence electrons. The monoisotopic (exact) mass is 298 g/mol. The van der Waals surface area contributed by atoms with Gasteiger partial charge in [0.2, 0.25) is 5.91 Å². The van der Waals surface area contributed by atoms with Gasteiger partial charge in [0.25, 0.3) is 0 Å². The average molecular weight is 298 g/mol. The molecule has 0 aromatic carbocycles. The molecule has 0 aromatic heterocycles. The Balaban J connectivity index is 2.75. The zero-order chi connectivity index (χ0) is 16.0. The predicted octanol–water partition coefficient (Wildman–Crippen LogP) is 3.03. The smallest absolute Gasteiger partial charge is 0.410 e. The van der Waals surface area contributed by atoms with Crippen molar-refractivity contribution < 1.29 is 14.3 Å². The lowest BCUT2D eigenvalue weighted by atomic mass is 10.1. The molecule has 1 heterocycles. The molecule has 0 aliphatic carbocycles. The van der Waals surface area contributed by atoms with Gasteiger partial charge < -0.3 is 9.64 Å². The molecule has 1 aliphatic rings. The van der Waals surface area contributed by atoms with Crippen LogP contribution < -0.4 is 0 Å². The fourth-order valence-corrected chi connectivity index (χ4v) is 2.65. The Bertz CT molecular complexity index is 357. The number of likely N-dealkylation sites (tertiary alicyclic amines) is 1. The van der Waals surface area contributed by atoms with Gasteiger partial charge >= 0.3 is 6.09 Å². The van der Waals surface area contributed by atoms with Crippen LogP contribution in [-0.4, -0.2) is 53.1 Å². The van der Waals surface area contributed by atoms with Crippen molar-refractivity contribution in [1.29, 1.82) is 0 Å². The predicted molar refractivity (Wildman–Crippen MR) is 83.1 cm³/mol. The van der Waals surface area contributed by atoms with Gasteiger partial charge in [0.05, 0.1) is 0 Å². The van der Waals surface area contributed by atoms with Crippen LogP contribution in [0.25, 0.3) is 0 Å². The molecule has 1 fully saturated rings. The van der Waals surface area contributed by atoms with E-state index < -0.39 is 5.60 Å². The summed E-state index contributed by atoms with van der Waals surface area (Å²) in [5.41, 5.74) is -0.528. The fourth-order valence-electron chi connectivity index (χ4n) is 2.65. The van der Waals surface area contributed by atoms with Crippen molar-refractivity contribution >= 4 is 12.0 Å². The number of ether oxygens (including phenoxy) is 1. The Morgan fingerprint density at radius 1 is 1.19 bits per heavy atom. The molecule has 0 spiro atoms. The van der Waals surface area contributed by atoms with E-state index in [0.717, 1.165) is 38.8 Å². The van der Waals surface area contributed by atoms with Crippen molar-refractivity contribution in [2.75, 3.05) is 19.6 Å². The number of carbonyl (C=O) groups is 2. The van der Waals surface area contributed by atoms with E-state index in [2.05, 4.69) is 13.8 Å². The molecule has 1 unspecified atom stereocenters. The minimum atomic E-state index is -0.528. The second-order valence-electron chi connectivity index (χ2n) is 6.66. The number of rotatable bonds is 5. The second kappa shape index (κ2) is 7.66. The maximum Gasteiger partial charge on any atom is 0.410 e. The van der Waals surface area contributed by atoms with E-state index in [9.17, 15) is 9.59 Å². The Morgan fingerprint density at radius 2 is 1.76 bits per heavy atom. The molecule has 0 N–H and O–H groups in total. The van der Waals surface area contributed by atoms with Gasteiger partial charge in [-0.2, -0.15) is 0 Å². The number of carbonyl (C=O) groups excluding carboxylic acids is 2. The fraction of sp³-hybridized carbons (Fsp3) is 0.875. The van der Waals surface area contributed by atoms with Crippen LogP contribution in [0.2, 0.25) is 0 Å². The molecule has 5 nitrogen and oxygen atoms in total. The summed E-state index contributed by atoms with van der Waals surface area (Å²) in [6, 6.07) is -0.349. The van der Waals surface area contributed by atoms with Crippen molar-refractivity contribution in [3.8, 4) is 0 Å². The largest absolute Gasteiger partial charge is 0.444 e. The average Bonchev–Trinajstić information content (AvgIpc) is 2.84. The molecule has 0 radical (unpaired) electrons. The van der Waals surface area contributed by atoms with Gasteiger partial charge in [-0.1, -0.05) is 13.8 Å². The Kier molecular flexibility index (Phi) is 6.49. The summed E-state index contributed by atoms with van der Waals surface area (Å²) in [7, 11) is 0. The summed E-state index contributed by atoms with van der Waals surface area (Å²) in [6.45, 7) is 11.8. The van der Waals surface area contributed by atoms with Crippen molar-refractivity contribution in [2.24, 2.45) is 0 Å². The third-order valence-corrected chi connectivity index (χ3v) is 3.46. The minimum absolute atomic E-state index is 0.0714. The van der Waals surface area contributed by atoms with Crippen LogP contribution in [0.3, 0.4) is 0 Å². The first-order chi connectivity index (χ1) is 9.80. The van der Waals surface area contributed by atoms with Crippen LogP contribution in [0.4, 0.5) is 4.79 Å². The van der Waals surface area contributed by atoms with E-state index in [1.807, 2.05) is 25.7 Å². The summed E-state index contributed by atoms with van der Waals surface area (Å²) in [5, 5.41) is 0. The van der Waals surface area contributed by atoms with E-state index >= 15 is 0 Å². The van der Waals surface area contributed by atoms with Crippen molar-refractivity contribution in [3.63, 3.8) is 0 Å². The maximum absolute atomic E-state index is 12.7. The van der Waals surface area contributed by atoms with Crippen molar-refractivity contribution in [3.05, 3.63) is 0 Å². The highest BCUT2D eigenvalue weighted by molar-refractivity contribution is 5.86. The lowest BCUT2D eigenvalue weighted by Gasteiger charge is -2.31. The van der Waals surface area contributed by atoms with Gasteiger partial charge in [0, 0.05) is 19.6 Å². The van der Waals surface area contributed by atoms with Gasteiger partial charge in [0.15, 0.2) is 0 Å². The van der Waals surface area contributed by atoms with Gasteiger partial charge in [-0.05, 0) is 46.5 Å². The van der Waals surface area contributed by atoms with Crippen LogP contribution in [0.1, 0.15) is 60.3 Å². The first kappa shape index (κ1) is 17.8. The summed E-state index contributed by atoms with van der Waals surface area (Å²) < 4.78 is 5.42. The van der Waals surface area contributed by atoms with Gasteiger partial charge in [-0.25, -0.2) is 4.79 Å². The summed E-state index contributed by atoms with van der Waals surface area (Å²) in [4.78, 5) is 28.4. The van der Waals surface area contributed by atoms with E-state index in [4.69, 9.17) is 4.74 Å². The molecule has 1 atom stereocenters. The van der Waals surface area contributed by atoms with Crippen LogP contribution >= 0.6 is 0 Å². The van der Waals surface area contributed by atoms with Crippen molar-refractivity contribution in [1.82, 2.24) is 9.80 Å². The maximum atomic E-state index is 12.7.